The molecular weight excluding hydrogens is 337 g/mol. The van der Waals surface area contributed by atoms with E-state index in [2.05, 4.69) is 0 Å². The fourth-order valence-corrected chi connectivity index (χ4v) is 2.18. The van der Waals surface area contributed by atoms with E-state index in [1.807, 2.05) is 4.98 Å². The highest BCUT2D eigenvalue weighted by Gasteiger charge is 2.19. The van der Waals surface area contributed by atoms with Crippen LogP contribution in [0.3, 0.4) is 0 Å². The summed E-state index contributed by atoms with van der Waals surface area (Å²) in [6.45, 7) is 0.553. The van der Waals surface area contributed by atoms with Crippen LogP contribution in [0.25, 0.3) is 0 Å². The van der Waals surface area contributed by atoms with Crippen molar-refractivity contribution in [1.29, 1.82) is 0 Å². The van der Waals surface area contributed by atoms with E-state index in [9.17, 15) is 18.8 Å². The predicted molar refractivity (Wildman–Crippen MR) is 85.0 cm³/mol. The topological polar surface area (TPSA) is 148 Å². The number of nitrogens with one attached hydrogen (secondary N) is 1. The normalized spacial score (nSPS) is 16.1. The van der Waals surface area contributed by atoms with E-state index in [0.29, 0.717) is 18.7 Å². The molecule has 2 heterocycles. The van der Waals surface area contributed by atoms with Crippen molar-refractivity contribution in [2.75, 3.05) is 12.3 Å². The lowest BCUT2D eigenvalue weighted by Gasteiger charge is -2.11. The van der Waals surface area contributed by atoms with Crippen molar-refractivity contribution >= 4 is 11.7 Å². The van der Waals surface area contributed by atoms with Crippen LogP contribution in [0.15, 0.2) is 34.0 Å². The van der Waals surface area contributed by atoms with Gasteiger partial charge in [0.2, 0.25) is 5.82 Å². The number of carboxylic acids is 1. The van der Waals surface area contributed by atoms with Gasteiger partial charge in [0.1, 0.15) is 17.5 Å². The van der Waals surface area contributed by atoms with Gasteiger partial charge in [-0.25, -0.2) is 9.59 Å². The van der Waals surface area contributed by atoms with E-state index in [1.165, 1.54) is 18.2 Å². The minimum atomic E-state index is -1.19. The van der Waals surface area contributed by atoms with E-state index < -0.39 is 29.3 Å². The van der Waals surface area contributed by atoms with Crippen molar-refractivity contribution in [2.24, 2.45) is 0 Å². The Hall–Kier alpha value is -3.14. The summed E-state index contributed by atoms with van der Waals surface area (Å²) in [6, 6.07) is 3.89. The lowest BCUT2D eigenvalue weighted by Crippen LogP contribution is -2.33. The van der Waals surface area contributed by atoms with Crippen LogP contribution in [0.5, 0.6) is 5.75 Å². The summed E-state index contributed by atoms with van der Waals surface area (Å²) < 4.78 is 19.1. The van der Waals surface area contributed by atoms with Gasteiger partial charge >= 0.3 is 11.7 Å². The van der Waals surface area contributed by atoms with Crippen LogP contribution in [0.1, 0.15) is 29.4 Å². The summed E-state index contributed by atoms with van der Waals surface area (Å²) in [4.78, 5) is 34.2. The zero-order chi connectivity index (χ0) is 18.6. The number of carbonyl (C=O) groups is 1. The zero-order valence-corrected chi connectivity index (χ0v) is 12.9. The van der Waals surface area contributed by atoms with Crippen molar-refractivity contribution in [3.05, 3.63) is 56.6 Å². The first-order valence-corrected chi connectivity index (χ1v) is 7.24. The van der Waals surface area contributed by atoms with Gasteiger partial charge in [0, 0.05) is 12.3 Å². The number of phenols is 1. The van der Waals surface area contributed by atoms with E-state index >= 15 is 0 Å². The second-order valence-corrected chi connectivity index (χ2v) is 5.19. The lowest BCUT2D eigenvalue weighted by molar-refractivity contribution is 0.0517. The zero-order valence-electron chi connectivity index (χ0n) is 12.9. The molecule has 1 saturated heterocycles. The molecule has 2 aromatic rings. The number of hydrogen-bond donors (Lipinski definition) is 4. The Labute approximate surface area is 140 Å². The average molecular weight is 353 g/mol. The van der Waals surface area contributed by atoms with E-state index in [-0.39, 0.29) is 11.3 Å². The minimum absolute atomic E-state index is 0.176. The number of carboxylic acid groups (broad SMARTS) is 1. The van der Waals surface area contributed by atoms with Crippen LogP contribution in [0, 0.1) is 5.82 Å². The fraction of sp³-hybridized carbons (Fsp3) is 0.267. The molecule has 9 nitrogen and oxygen atoms in total. The number of aromatic amines is 1. The Morgan fingerprint density at radius 3 is 2.68 bits per heavy atom. The number of nitrogen functional groups attached to an aromatic ring is 1. The first-order chi connectivity index (χ1) is 11.8. The summed E-state index contributed by atoms with van der Waals surface area (Å²) in [7, 11) is 0. The molecule has 10 heteroatoms. The van der Waals surface area contributed by atoms with Crippen molar-refractivity contribution in [3.63, 3.8) is 0 Å². The smallest absolute Gasteiger partial charge is 0.339 e. The quantitative estimate of drug-likeness (QED) is 0.458. The Bertz CT molecular complexity index is 886. The second-order valence-electron chi connectivity index (χ2n) is 5.19. The Morgan fingerprint density at radius 2 is 2.12 bits per heavy atom. The van der Waals surface area contributed by atoms with Crippen molar-refractivity contribution in [3.8, 4) is 5.75 Å². The Balaban J connectivity index is 0.000000186. The van der Waals surface area contributed by atoms with Crippen LogP contribution in [0.4, 0.5) is 10.1 Å². The van der Waals surface area contributed by atoms with Crippen molar-refractivity contribution < 1.29 is 24.1 Å². The number of nitrogens with zero attached hydrogens (tertiary/aromatic N) is 1. The summed E-state index contributed by atoms with van der Waals surface area (Å²) in [5.74, 6) is -2.43. The number of halogens is 1. The maximum Gasteiger partial charge on any atom is 0.339 e. The standard InChI is InChI=1S/C8H9FN2O3.C7H7NO3/c9-5-4-11(6-2-1-3-14-6)8(13)10-7(5)12;8-4-1-2-6(9)5(3-4)7(10)11/h4,6H,1-3H2,(H,10,12,13);1-3,9H,8H2,(H,10,11). The van der Waals surface area contributed by atoms with Crippen molar-refractivity contribution in [1.82, 2.24) is 9.55 Å². The molecule has 1 aliphatic heterocycles. The highest BCUT2D eigenvalue weighted by Crippen LogP contribution is 2.20. The Kier molecular flexibility index (Phi) is 5.55. The highest BCUT2D eigenvalue weighted by molar-refractivity contribution is 5.91. The summed E-state index contributed by atoms with van der Waals surface area (Å²) in [6.07, 6.45) is 1.93. The lowest BCUT2D eigenvalue weighted by atomic mass is 10.2. The summed E-state index contributed by atoms with van der Waals surface area (Å²) in [5.41, 5.74) is 3.80. The van der Waals surface area contributed by atoms with Crippen LogP contribution < -0.4 is 17.0 Å². The Morgan fingerprint density at radius 1 is 1.40 bits per heavy atom. The van der Waals surface area contributed by atoms with E-state index in [1.54, 1.807) is 0 Å². The van der Waals surface area contributed by atoms with Gasteiger partial charge in [-0.3, -0.25) is 14.3 Å². The molecule has 0 radical (unpaired) electrons. The van der Waals surface area contributed by atoms with Crippen LogP contribution in [-0.2, 0) is 4.74 Å². The number of aromatic nitrogens is 2. The molecular formula is C15H16FN3O6. The highest BCUT2D eigenvalue weighted by atomic mass is 19.1. The molecule has 1 unspecified atom stereocenters. The molecule has 0 saturated carbocycles. The molecule has 1 fully saturated rings. The fourth-order valence-electron chi connectivity index (χ4n) is 2.18. The van der Waals surface area contributed by atoms with E-state index in [0.717, 1.165) is 17.2 Å². The van der Waals surface area contributed by atoms with Crippen LogP contribution >= 0.6 is 0 Å². The summed E-state index contributed by atoms with van der Waals surface area (Å²) in [5, 5.41) is 17.4. The van der Waals surface area contributed by atoms with Gasteiger partial charge in [-0.15, -0.1) is 0 Å². The number of aromatic hydroxyl groups is 1. The van der Waals surface area contributed by atoms with Crippen molar-refractivity contribution in [2.45, 2.75) is 19.1 Å². The molecule has 3 rings (SSSR count). The number of aromatic carboxylic acids is 1. The summed E-state index contributed by atoms with van der Waals surface area (Å²) >= 11 is 0. The number of benzene rings is 1. The van der Waals surface area contributed by atoms with E-state index in [4.69, 9.17) is 20.7 Å². The molecule has 5 N–H and O–H groups in total. The molecule has 1 aromatic carbocycles. The first kappa shape index (κ1) is 18.2. The third kappa shape index (κ3) is 4.44. The third-order valence-electron chi connectivity index (χ3n) is 3.39. The average Bonchev–Trinajstić information content (AvgIpc) is 3.08. The van der Waals surface area contributed by atoms with Gasteiger partial charge < -0.3 is 20.7 Å². The molecule has 1 aromatic heterocycles. The van der Waals surface area contributed by atoms with Gasteiger partial charge in [0.05, 0.1) is 6.20 Å². The number of hydrogen-bond acceptors (Lipinski definition) is 6. The predicted octanol–water partition coefficient (Wildman–Crippen LogP) is 0.657. The van der Waals surface area contributed by atoms with Gasteiger partial charge in [0.15, 0.2) is 0 Å². The molecule has 0 bridgehead atoms. The minimum Gasteiger partial charge on any atom is -0.507 e. The van der Waals surface area contributed by atoms with Gasteiger partial charge in [-0.2, -0.15) is 4.39 Å². The van der Waals surface area contributed by atoms with Crippen LogP contribution in [-0.4, -0.2) is 32.3 Å². The van der Waals surface area contributed by atoms with Gasteiger partial charge in [-0.1, -0.05) is 0 Å². The maximum atomic E-state index is 12.9. The SMILES string of the molecule is Nc1ccc(O)c(C(=O)O)c1.O=c1[nH]c(=O)n(C2CCCO2)cc1F. The molecule has 1 aliphatic rings. The van der Waals surface area contributed by atoms with Gasteiger partial charge in [0.25, 0.3) is 5.56 Å². The largest absolute Gasteiger partial charge is 0.507 e. The third-order valence-corrected chi connectivity index (χ3v) is 3.39. The second kappa shape index (κ2) is 7.62. The van der Waals surface area contributed by atoms with Gasteiger partial charge in [-0.05, 0) is 31.0 Å². The first-order valence-electron chi connectivity index (χ1n) is 7.24. The molecule has 0 amide bonds. The number of ether oxygens (including phenoxy) is 1. The maximum absolute atomic E-state index is 12.9. The molecule has 134 valence electrons. The molecule has 0 aliphatic carbocycles. The van der Waals surface area contributed by atoms with Crippen LogP contribution in [0.2, 0.25) is 0 Å². The number of nitrogens with two attached hydrogens (primary N) is 1. The monoisotopic (exact) mass is 353 g/mol. The number of H-pyrrole nitrogens is 1. The molecule has 1 atom stereocenters. The molecule has 0 spiro atoms. The molecule has 25 heavy (non-hydrogen) atoms. The number of rotatable bonds is 2. The number of anilines is 1.